The van der Waals surface area contributed by atoms with Crippen molar-refractivity contribution in [1.82, 2.24) is 0 Å². The van der Waals surface area contributed by atoms with Gasteiger partial charge < -0.3 is 10.2 Å². The van der Waals surface area contributed by atoms with E-state index >= 15 is 0 Å². The maximum atomic E-state index is 12.2. The highest BCUT2D eigenvalue weighted by atomic mass is 16.3. The molecule has 0 saturated heterocycles. The van der Waals surface area contributed by atoms with Gasteiger partial charge in [0.1, 0.15) is 0 Å². The third-order valence-corrected chi connectivity index (χ3v) is 6.16. The molecule has 0 bridgehead atoms. The van der Waals surface area contributed by atoms with Gasteiger partial charge in [0.25, 0.3) is 0 Å². The summed E-state index contributed by atoms with van der Waals surface area (Å²) in [5.41, 5.74) is 0.647. The summed E-state index contributed by atoms with van der Waals surface area (Å²) in [7, 11) is 0. The van der Waals surface area contributed by atoms with E-state index in [-0.39, 0.29) is 12.5 Å². The number of hydrogen-bond acceptors (Lipinski definition) is 2. The second-order valence-corrected chi connectivity index (χ2v) is 8.76. The Morgan fingerprint density at radius 1 is 0.778 bits per heavy atom. The molecule has 1 unspecified atom stereocenters. The van der Waals surface area contributed by atoms with Crippen LogP contribution in [0.15, 0.2) is 60.7 Å². The van der Waals surface area contributed by atoms with E-state index in [9.17, 15) is 10.2 Å². The smallest absolute Gasteiger partial charge is 0.0808 e. The van der Waals surface area contributed by atoms with Crippen molar-refractivity contribution in [2.24, 2.45) is 17.3 Å². The zero-order valence-corrected chi connectivity index (χ0v) is 17.4. The van der Waals surface area contributed by atoms with Crippen LogP contribution in [-0.4, -0.2) is 22.4 Å². The molecule has 27 heavy (non-hydrogen) atoms. The predicted octanol–water partition coefficient (Wildman–Crippen LogP) is 5.27. The van der Waals surface area contributed by atoms with Crippen LogP contribution in [0.5, 0.6) is 0 Å². The van der Waals surface area contributed by atoms with Crippen LogP contribution >= 0.6 is 0 Å². The van der Waals surface area contributed by atoms with Gasteiger partial charge in [0.2, 0.25) is 0 Å². The first-order valence-corrected chi connectivity index (χ1v) is 10.2. The lowest BCUT2D eigenvalue weighted by molar-refractivity contribution is -0.140. The molecule has 0 heterocycles. The molecule has 0 aromatic heterocycles. The highest BCUT2D eigenvalue weighted by Gasteiger charge is 2.51. The summed E-state index contributed by atoms with van der Waals surface area (Å²) in [4.78, 5) is 0. The largest absolute Gasteiger partial charge is 0.396 e. The molecular weight excluding hydrogens is 332 g/mol. The minimum absolute atomic E-state index is 0.00640. The minimum Gasteiger partial charge on any atom is -0.396 e. The van der Waals surface area contributed by atoms with Crippen molar-refractivity contribution in [3.63, 3.8) is 0 Å². The van der Waals surface area contributed by atoms with E-state index in [1.807, 2.05) is 36.4 Å². The molecule has 0 aliphatic rings. The van der Waals surface area contributed by atoms with Gasteiger partial charge in [-0.1, -0.05) is 94.8 Å². The fourth-order valence-electron chi connectivity index (χ4n) is 4.30. The van der Waals surface area contributed by atoms with Crippen molar-refractivity contribution in [3.05, 3.63) is 71.8 Å². The monoisotopic (exact) mass is 368 g/mol. The molecule has 0 amide bonds. The van der Waals surface area contributed by atoms with E-state index in [4.69, 9.17) is 0 Å². The zero-order chi connectivity index (χ0) is 19.9. The lowest BCUT2D eigenvalue weighted by atomic mass is 9.58. The van der Waals surface area contributed by atoms with E-state index in [1.165, 1.54) is 0 Å². The summed E-state index contributed by atoms with van der Waals surface area (Å²) in [6, 6.07) is 20.3. The molecule has 0 spiro atoms. The molecule has 1 atom stereocenters. The first kappa shape index (κ1) is 21.7. The molecular formula is C25H36O2. The van der Waals surface area contributed by atoms with Crippen LogP contribution in [0.1, 0.15) is 51.7 Å². The number of aliphatic hydroxyl groups is 2. The first-order valence-electron chi connectivity index (χ1n) is 10.2. The lowest BCUT2D eigenvalue weighted by Crippen LogP contribution is -2.57. The Morgan fingerprint density at radius 3 is 1.56 bits per heavy atom. The molecule has 0 fully saturated rings. The Bertz CT molecular complexity index is 622. The van der Waals surface area contributed by atoms with Gasteiger partial charge in [-0.05, 0) is 29.4 Å². The Balaban J connectivity index is 2.49. The van der Waals surface area contributed by atoms with E-state index < -0.39 is 11.0 Å². The van der Waals surface area contributed by atoms with Crippen LogP contribution in [0.3, 0.4) is 0 Å². The fourth-order valence-corrected chi connectivity index (χ4v) is 4.30. The normalized spacial score (nSPS) is 14.5. The van der Waals surface area contributed by atoms with Crippen molar-refractivity contribution in [3.8, 4) is 0 Å². The summed E-state index contributed by atoms with van der Waals surface area (Å²) in [5.74, 6) is 0.700. The van der Waals surface area contributed by atoms with Gasteiger partial charge in [-0.3, -0.25) is 0 Å². The van der Waals surface area contributed by atoms with Crippen molar-refractivity contribution < 1.29 is 10.2 Å². The van der Waals surface area contributed by atoms with Gasteiger partial charge in [0, 0.05) is 18.3 Å². The molecule has 0 radical (unpaired) electrons. The third kappa shape index (κ3) is 5.21. The molecule has 2 nitrogen and oxygen atoms in total. The lowest BCUT2D eigenvalue weighted by Gasteiger charge is -2.50. The molecule has 2 rings (SSSR count). The van der Waals surface area contributed by atoms with E-state index in [2.05, 4.69) is 52.0 Å². The number of rotatable bonds is 10. The minimum atomic E-state index is -1.02. The maximum Gasteiger partial charge on any atom is 0.0808 e. The standard InChI is InChI=1S/C25H36O2/c1-20(2)15-16-24(19-26,21(3)4)25(27,17-22-11-7-5-8-12-22)18-23-13-9-6-10-14-23/h5-14,20-21,26-27H,15-19H2,1-4H3. The van der Waals surface area contributed by atoms with Crippen LogP contribution in [-0.2, 0) is 12.8 Å². The van der Waals surface area contributed by atoms with Crippen LogP contribution in [0.25, 0.3) is 0 Å². The molecule has 0 aliphatic carbocycles. The molecule has 2 N–H and O–H groups in total. The number of aliphatic hydroxyl groups excluding tert-OH is 1. The van der Waals surface area contributed by atoms with Crippen molar-refractivity contribution in [2.45, 2.75) is 59.0 Å². The van der Waals surface area contributed by atoms with Crippen molar-refractivity contribution >= 4 is 0 Å². The van der Waals surface area contributed by atoms with E-state index in [0.29, 0.717) is 18.8 Å². The summed E-state index contributed by atoms with van der Waals surface area (Å²) < 4.78 is 0. The Labute approximate surface area is 165 Å². The average Bonchev–Trinajstić information content (AvgIpc) is 2.63. The average molecular weight is 369 g/mol. The Kier molecular flexibility index (Phi) is 7.64. The van der Waals surface area contributed by atoms with Gasteiger partial charge in [-0.2, -0.15) is 0 Å². The van der Waals surface area contributed by atoms with E-state index in [1.54, 1.807) is 0 Å². The van der Waals surface area contributed by atoms with Crippen LogP contribution < -0.4 is 0 Å². The van der Waals surface area contributed by atoms with Gasteiger partial charge in [-0.25, -0.2) is 0 Å². The molecule has 2 aromatic carbocycles. The first-order chi connectivity index (χ1) is 12.8. The highest BCUT2D eigenvalue weighted by Crippen LogP contribution is 2.47. The Hall–Kier alpha value is -1.64. The highest BCUT2D eigenvalue weighted by molar-refractivity contribution is 5.24. The summed E-state index contributed by atoms with van der Waals surface area (Å²) in [6.07, 6.45) is 2.89. The van der Waals surface area contributed by atoms with Gasteiger partial charge in [-0.15, -0.1) is 0 Å². The van der Waals surface area contributed by atoms with Crippen LogP contribution in [0.4, 0.5) is 0 Å². The number of hydrogen-bond donors (Lipinski definition) is 2. The summed E-state index contributed by atoms with van der Waals surface area (Å²) in [6.45, 7) is 8.67. The third-order valence-electron chi connectivity index (χ3n) is 6.16. The number of benzene rings is 2. The quantitative estimate of drug-likeness (QED) is 0.599. The van der Waals surface area contributed by atoms with Gasteiger partial charge in [0.05, 0.1) is 12.2 Å². The van der Waals surface area contributed by atoms with Gasteiger partial charge >= 0.3 is 0 Å². The Morgan fingerprint density at radius 2 is 1.22 bits per heavy atom. The summed E-state index contributed by atoms with van der Waals surface area (Å²) >= 11 is 0. The molecule has 0 aliphatic heterocycles. The van der Waals surface area contributed by atoms with Crippen LogP contribution in [0, 0.1) is 17.3 Å². The molecule has 0 saturated carbocycles. The van der Waals surface area contributed by atoms with E-state index in [0.717, 1.165) is 24.0 Å². The zero-order valence-electron chi connectivity index (χ0n) is 17.4. The maximum absolute atomic E-state index is 12.2. The SMILES string of the molecule is CC(C)CCC(CO)(C(C)C)C(O)(Cc1ccccc1)Cc1ccccc1. The fraction of sp³-hybridized carbons (Fsp3) is 0.520. The second-order valence-electron chi connectivity index (χ2n) is 8.76. The predicted molar refractivity (Wildman–Crippen MR) is 114 cm³/mol. The van der Waals surface area contributed by atoms with Gasteiger partial charge in [0.15, 0.2) is 0 Å². The second kappa shape index (κ2) is 9.52. The molecule has 2 heteroatoms. The molecule has 2 aromatic rings. The van der Waals surface area contributed by atoms with Crippen molar-refractivity contribution in [1.29, 1.82) is 0 Å². The molecule has 148 valence electrons. The van der Waals surface area contributed by atoms with Crippen LogP contribution in [0.2, 0.25) is 0 Å². The summed E-state index contributed by atoms with van der Waals surface area (Å²) in [5, 5.41) is 22.7. The topological polar surface area (TPSA) is 40.5 Å². The van der Waals surface area contributed by atoms with Crippen molar-refractivity contribution in [2.75, 3.05) is 6.61 Å².